The number of carbonyl (C=O) groups is 1. The Balaban J connectivity index is 3.00. The van der Waals surface area contributed by atoms with Crippen molar-refractivity contribution in [3.8, 4) is 0 Å². The van der Waals surface area contributed by atoms with Gasteiger partial charge in [-0.1, -0.05) is 11.6 Å². The maximum absolute atomic E-state index is 11.9. The van der Waals surface area contributed by atoms with Gasteiger partial charge in [0, 0.05) is 6.20 Å². The first-order valence-corrected chi connectivity index (χ1v) is 6.79. The Morgan fingerprint density at radius 2 is 2.21 bits per heavy atom. The molecule has 10 heteroatoms. The van der Waals surface area contributed by atoms with Crippen LogP contribution in [0.1, 0.15) is 6.92 Å². The van der Waals surface area contributed by atoms with Crippen molar-refractivity contribution >= 4 is 33.4 Å². The van der Waals surface area contributed by atoms with Crippen LogP contribution < -0.4 is 10.5 Å². The van der Waals surface area contributed by atoms with Crippen LogP contribution in [0.4, 0.5) is 5.82 Å². The zero-order chi connectivity index (χ0) is 14.8. The van der Waals surface area contributed by atoms with Gasteiger partial charge in [-0.05, 0) is 13.0 Å². The molecule has 0 spiro atoms. The summed E-state index contributed by atoms with van der Waals surface area (Å²) in [7, 11) is -4.13. The molecule has 8 nitrogen and oxygen atoms in total. The third kappa shape index (κ3) is 3.77. The van der Waals surface area contributed by atoms with Crippen molar-refractivity contribution in [2.24, 2.45) is 0 Å². The normalized spacial score (nSPS) is 14.9. The Kier molecular flexibility index (Phi) is 4.35. The Bertz CT molecular complexity index is 602. The smallest absolute Gasteiger partial charge is 0.336 e. The van der Waals surface area contributed by atoms with E-state index in [0.29, 0.717) is 0 Å². The molecule has 0 saturated carbocycles. The minimum atomic E-state index is -4.13. The van der Waals surface area contributed by atoms with Gasteiger partial charge in [0.15, 0.2) is 5.60 Å². The van der Waals surface area contributed by atoms with E-state index in [2.05, 4.69) is 4.98 Å². The first kappa shape index (κ1) is 15.6. The van der Waals surface area contributed by atoms with Crippen molar-refractivity contribution in [1.82, 2.24) is 9.71 Å². The van der Waals surface area contributed by atoms with Gasteiger partial charge < -0.3 is 15.9 Å². The molecule has 0 aliphatic carbocycles. The summed E-state index contributed by atoms with van der Waals surface area (Å²) < 4.78 is 25.7. The first-order valence-electron chi connectivity index (χ1n) is 4.93. The number of nitrogen functional groups attached to an aromatic ring is 1. The Labute approximate surface area is 114 Å². The van der Waals surface area contributed by atoms with Crippen LogP contribution in [0, 0.1) is 0 Å². The molecular weight excluding hydrogens is 298 g/mol. The predicted octanol–water partition coefficient (Wildman–Crippen LogP) is -0.569. The first-order chi connectivity index (χ1) is 8.56. The van der Waals surface area contributed by atoms with E-state index in [1.165, 1.54) is 6.20 Å². The number of aromatic nitrogens is 1. The molecule has 0 aliphatic rings. The maximum atomic E-state index is 11.9. The summed E-state index contributed by atoms with van der Waals surface area (Å²) in [6.45, 7) is 0.230. The molecule has 0 saturated heterocycles. The van der Waals surface area contributed by atoms with Crippen LogP contribution in [-0.4, -0.2) is 41.7 Å². The van der Waals surface area contributed by atoms with E-state index >= 15 is 0 Å². The van der Waals surface area contributed by atoms with Crippen LogP contribution >= 0.6 is 11.6 Å². The van der Waals surface area contributed by atoms with Crippen LogP contribution in [0.3, 0.4) is 0 Å². The fraction of sp³-hybridized carbons (Fsp3) is 0.333. The van der Waals surface area contributed by atoms with Crippen LogP contribution in [0.2, 0.25) is 5.02 Å². The van der Waals surface area contributed by atoms with Gasteiger partial charge >= 0.3 is 5.97 Å². The number of sulfonamides is 1. The molecule has 1 aromatic heterocycles. The number of aliphatic carboxylic acids is 1. The average molecular weight is 310 g/mol. The second kappa shape index (κ2) is 5.29. The summed E-state index contributed by atoms with van der Waals surface area (Å²) >= 11 is 5.61. The highest BCUT2D eigenvalue weighted by Crippen LogP contribution is 2.20. The summed E-state index contributed by atoms with van der Waals surface area (Å²) in [6, 6.07) is 1.07. The lowest BCUT2D eigenvalue weighted by Crippen LogP contribution is -2.46. The molecule has 106 valence electrons. The fourth-order valence-corrected chi connectivity index (χ4v) is 2.49. The minimum Gasteiger partial charge on any atom is -0.479 e. The van der Waals surface area contributed by atoms with E-state index in [4.69, 9.17) is 22.4 Å². The van der Waals surface area contributed by atoms with Gasteiger partial charge in [-0.15, -0.1) is 0 Å². The molecule has 0 radical (unpaired) electrons. The van der Waals surface area contributed by atoms with Gasteiger partial charge in [0.05, 0.1) is 11.6 Å². The van der Waals surface area contributed by atoms with E-state index in [-0.39, 0.29) is 15.7 Å². The summed E-state index contributed by atoms with van der Waals surface area (Å²) in [5.74, 6) is -1.85. The number of carboxylic acids is 1. The van der Waals surface area contributed by atoms with Gasteiger partial charge in [-0.2, -0.15) is 0 Å². The molecule has 5 N–H and O–H groups in total. The van der Waals surface area contributed by atoms with Gasteiger partial charge in [-0.3, -0.25) is 0 Å². The largest absolute Gasteiger partial charge is 0.479 e. The van der Waals surface area contributed by atoms with Crippen molar-refractivity contribution in [1.29, 1.82) is 0 Å². The molecule has 0 fully saturated rings. The third-order valence-corrected chi connectivity index (χ3v) is 3.84. The minimum absolute atomic E-state index is 0.0552. The van der Waals surface area contributed by atoms with Crippen molar-refractivity contribution < 1.29 is 23.4 Å². The summed E-state index contributed by atoms with van der Waals surface area (Å²) in [5.41, 5.74) is 3.16. The molecule has 0 aliphatic heterocycles. The summed E-state index contributed by atoms with van der Waals surface area (Å²) in [4.78, 5) is 13.8. The van der Waals surface area contributed by atoms with Gasteiger partial charge in [0.25, 0.3) is 0 Å². The molecule has 1 rings (SSSR count). The number of nitrogens with zero attached hydrogens (tertiary/aromatic N) is 1. The standard InChI is InChI=1S/C9H12ClN3O5S/c1-9(16,8(14)15)4-13-19(17,18)6-2-5(10)3-12-7(6)11/h2-3,13,16H,4H2,1H3,(H2,11,12)(H,14,15). The van der Waals surface area contributed by atoms with E-state index in [0.717, 1.165) is 13.0 Å². The molecule has 0 amide bonds. The highest BCUT2D eigenvalue weighted by Gasteiger charge is 2.32. The predicted molar refractivity (Wildman–Crippen MR) is 67.1 cm³/mol. The summed E-state index contributed by atoms with van der Waals surface area (Å²) in [5, 5.41) is 18.1. The highest BCUT2D eigenvalue weighted by atomic mass is 35.5. The number of hydrogen-bond acceptors (Lipinski definition) is 6. The zero-order valence-electron chi connectivity index (χ0n) is 9.79. The SMILES string of the molecule is CC(O)(CNS(=O)(=O)c1cc(Cl)cnc1N)C(=O)O. The van der Waals surface area contributed by atoms with Crippen molar-refractivity contribution in [3.05, 3.63) is 17.3 Å². The number of hydrogen-bond donors (Lipinski definition) is 4. The molecule has 1 atom stereocenters. The lowest BCUT2D eigenvalue weighted by molar-refractivity contribution is -0.155. The fourth-order valence-electron chi connectivity index (χ4n) is 1.04. The van der Waals surface area contributed by atoms with E-state index in [9.17, 15) is 18.3 Å². The molecule has 0 bridgehead atoms. The van der Waals surface area contributed by atoms with Gasteiger partial charge in [-0.25, -0.2) is 22.9 Å². The molecule has 1 aromatic rings. The number of anilines is 1. The van der Waals surface area contributed by atoms with Gasteiger partial charge in [0.1, 0.15) is 10.7 Å². The topological polar surface area (TPSA) is 143 Å². The number of rotatable bonds is 5. The Morgan fingerprint density at radius 1 is 1.63 bits per heavy atom. The van der Waals surface area contributed by atoms with Crippen LogP contribution in [0.5, 0.6) is 0 Å². The maximum Gasteiger partial charge on any atom is 0.336 e. The van der Waals surface area contributed by atoms with Crippen LogP contribution in [-0.2, 0) is 14.8 Å². The van der Waals surface area contributed by atoms with Crippen molar-refractivity contribution in [3.63, 3.8) is 0 Å². The number of nitrogens with one attached hydrogen (secondary N) is 1. The van der Waals surface area contributed by atoms with E-state index in [1.807, 2.05) is 4.72 Å². The quantitative estimate of drug-likeness (QED) is 0.570. The van der Waals surface area contributed by atoms with E-state index < -0.39 is 28.1 Å². The Morgan fingerprint density at radius 3 is 2.74 bits per heavy atom. The lowest BCUT2D eigenvalue weighted by atomic mass is 10.1. The van der Waals surface area contributed by atoms with Gasteiger partial charge in [0.2, 0.25) is 10.0 Å². The Hall–Kier alpha value is -1.42. The zero-order valence-corrected chi connectivity index (χ0v) is 11.4. The third-order valence-electron chi connectivity index (χ3n) is 2.21. The monoisotopic (exact) mass is 309 g/mol. The number of pyridine rings is 1. The second-order valence-electron chi connectivity index (χ2n) is 3.94. The van der Waals surface area contributed by atoms with Crippen LogP contribution in [0.15, 0.2) is 17.2 Å². The lowest BCUT2D eigenvalue weighted by Gasteiger charge is -2.18. The molecule has 1 heterocycles. The van der Waals surface area contributed by atoms with Crippen molar-refractivity contribution in [2.75, 3.05) is 12.3 Å². The molecule has 0 aromatic carbocycles. The molecular formula is C9H12ClN3O5S. The summed E-state index contributed by atoms with van der Waals surface area (Å²) in [6.07, 6.45) is 1.17. The second-order valence-corrected chi connectivity index (χ2v) is 6.11. The number of aliphatic hydroxyl groups is 1. The number of halogens is 1. The molecule has 1 unspecified atom stereocenters. The number of carboxylic acid groups (broad SMARTS) is 1. The van der Waals surface area contributed by atoms with Crippen molar-refractivity contribution in [2.45, 2.75) is 17.4 Å². The number of nitrogens with two attached hydrogens (primary N) is 1. The average Bonchev–Trinajstić information content (AvgIpc) is 2.30. The highest BCUT2D eigenvalue weighted by molar-refractivity contribution is 7.89. The van der Waals surface area contributed by atoms with Crippen LogP contribution in [0.25, 0.3) is 0 Å². The van der Waals surface area contributed by atoms with E-state index in [1.54, 1.807) is 0 Å². The molecule has 19 heavy (non-hydrogen) atoms.